The van der Waals surface area contributed by atoms with Crippen LogP contribution < -0.4 is 19.3 Å². The fourth-order valence-electron chi connectivity index (χ4n) is 6.32. The van der Waals surface area contributed by atoms with E-state index in [0.717, 1.165) is 91.6 Å². The lowest BCUT2D eigenvalue weighted by Gasteiger charge is -2.15. The minimum absolute atomic E-state index is 0.0263. The number of hydrogen-bond acceptors (Lipinski definition) is 7. The third kappa shape index (κ3) is 15.4. The summed E-state index contributed by atoms with van der Waals surface area (Å²) < 4.78 is 13.8. The monoisotopic (exact) mass is 916 g/mol. The van der Waals surface area contributed by atoms with Crippen LogP contribution in [0.2, 0.25) is 0 Å². The number of carboxylic acids is 2. The molecule has 0 heterocycles. The molecule has 5 aromatic rings. The molecule has 308 valence electrons. The molecule has 0 unspecified atom stereocenters. The smallest absolute Gasteiger partial charge is 0.303 e. The van der Waals surface area contributed by atoms with E-state index in [1.165, 1.54) is 0 Å². The van der Waals surface area contributed by atoms with Gasteiger partial charge in [-0.3, -0.25) is 9.59 Å². The Labute approximate surface area is 359 Å². The number of nitrogens with zero attached hydrogens (tertiary/aromatic N) is 2. The fourth-order valence-corrected chi connectivity index (χ4v) is 7.27. The number of carboxylic acid groups (broad SMARTS) is 2. The number of carbonyl (C=O) groups is 2. The van der Waals surface area contributed by atoms with Gasteiger partial charge in [0.05, 0.1) is 13.2 Å². The van der Waals surface area contributed by atoms with Gasteiger partial charge in [-0.25, -0.2) is 0 Å². The Morgan fingerprint density at radius 2 is 1.12 bits per heavy atom. The fraction of sp³-hybridized carbons (Fsp3) is 0.319. The predicted octanol–water partition coefficient (Wildman–Crippen LogP) is 11.5. The standard InChI is InChI=1S/C33H40BrNO6.C14H14BrNO/c1-35(2)28-15-13-24(14-16-28)26-21-27(34)23-29(22-26)40-19-6-4-3-5-9-25-10-7-11-31(30(25)17-18-33(38)39)41-20-8-12-32(36)37;1-16(2)13-5-3-10(4-6-13)11-7-12(15)9-14(17)8-11/h7,10-11,13-16,21-23H,3-6,8-9,12,17-20H2,1-2H3,(H,36,37)(H,38,39);3-9,17H,1-2H3. The molecule has 0 atom stereocenters. The second kappa shape index (κ2) is 23.4. The van der Waals surface area contributed by atoms with Crippen molar-refractivity contribution in [1.29, 1.82) is 0 Å². The van der Waals surface area contributed by atoms with Crippen LogP contribution in [0, 0.1) is 0 Å². The average molecular weight is 919 g/mol. The number of benzene rings is 5. The zero-order valence-electron chi connectivity index (χ0n) is 33.7. The normalized spacial score (nSPS) is 10.7. The predicted molar refractivity (Wildman–Crippen MR) is 242 cm³/mol. The average Bonchev–Trinajstić information content (AvgIpc) is 3.18. The molecule has 0 aromatic heterocycles. The maximum absolute atomic E-state index is 11.2. The molecule has 0 bridgehead atoms. The largest absolute Gasteiger partial charge is 0.508 e. The number of ether oxygens (including phenoxy) is 2. The Morgan fingerprint density at radius 3 is 1.69 bits per heavy atom. The van der Waals surface area contributed by atoms with Gasteiger partial charge < -0.3 is 34.6 Å². The first-order valence-corrected chi connectivity index (χ1v) is 21.0. The molecule has 0 aliphatic rings. The second-order valence-electron chi connectivity index (χ2n) is 14.4. The number of rotatable bonds is 20. The molecule has 3 N–H and O–H groups in total. The van der Waals surface area contributed by atoms with E-state index < -0.39 is 11.9 Å². The van der Waals surface area contributed by atoms with Gasteiger partial charge in [-0.1, -0.05) is 81.1 Å². The molecule has 5 aromatic carbocycles. The molecular weight excluding hydrogens is 864 g/mol. The lowest BCUT2D eigenvalue weighted by molar-refractivity contribution is -0.138. The van der Waals surface area contributed by atoms with Crippen LogP contribution in [-0.2, 0) is 22.4 Å². The number of hydrogen-bond donors (Lipinski definition) is 3. The Kier molecular flexibility index (Phi) is 18.4. The zero-order valence-corrected chi connectivity index (χ0v) is 36.9. The van der Waals surface area contributed by atoms with E-state index in [4.69, 9.17) is 14.6 Å². The Hall–Kier alpha value is -5.00. The van der Waals surface area contributed by atoms with Crippen LogP contribution in [0.25, 0.3) is 22.3 Å². The minimum Gasteiger partial charge on any atom is -0.508 e. The van der Waals surface area contributed by atoms with E-state index in [-0.39, 0.29) is 25.2 Å². The molecule has 0 fully saturated rings. The third-order valence-corrected chi connectivity index (χ3v) is 10.3. The maximum Gasteiger partial charge on any atom is 0.303 e. The number of aryl methyl sites for hydroxylation is 1. The van der Waals surface area contributed by atoms with Crippen molar-refractivity contribution in [3.63, 3.8) is 0 Å². The van der Waals surface area contributed by atoms with E-state index in [1.54, 1.807) is 12.1 Å². The first-order chi connectivity index (χ1) is 27.8. The van der Waals surface area contributed by atoms with E-state index >= 15 is 0 Å². The number of phenols is 1. The molecule has 0 saturated carbocycles. The maximum atomic E-state index is 11.2. The first kappa shape index (κ1) is 45.7. The molecule has 0 aliphatic heterocycles. The van der Waals surface area contributed by atoms with Crippen molar-refractivity contribution in [3.8, 4) is 39.5 Å². The van der Waals surface area contributed by atoms with E-state index in [1.807, 2.05) is 58.5 Å². The van der Waals surface area contributed by atoms with Crippen LogP contribution in [0.15, 0.2) is 112 Å². The van der Waals surface area contributed by atoms with Gasteiger partial charge in [0.25, 0.3) is 0 Å². The first-order valence-electron chi connectivity index (χ1n) is 19.4. The Balaban J connectivity index is 0.000000362. The van der Waals surface area contributed by atoms with Gasteiger partial charge >= 0.3 is 11.9 Å². The number of aliphatic carboxylic acids is 2. The van der Waals surface area contributed by atoms with Crippen molar-refractivity contribution < 1.29 is 34.4 Å². The highest BCUT2D eigenvalue weighted by atomic mass is 79.9. The van der Waals surface area contributed by atoms with Gasteiger partial charge in [-0.15, -0.1) is 0 Å². The molecule has 0 radical (unpaired) electrons. The molecular formula is C47H54Br2N2O7. The van der Waals surface area contributed by atoms with E-state index in [0.29, 0.717) is 25.2 Å². The van der Waals surface area contributed by atoms with Crippen LogP contribution in [0.3, 0.4) is 0 Å². The molecule has 9 nitrogen and oxygen atoms in total. The second-order valence-corrected chi connectivity index (χ2v) is 16.2. The highest BCUT2D eigenvalue weighted by Gasteiger charge is 2.13. The van der Waals surface area contributed by atoms with Crippen LogP contribution in [-0.4, -0.2) is 68.7 Å². The summed E-state index contributed by atoms with van der Waals surface area (Å²) >= 11 is 6.99. The van der Waals surface area contributed by atoms with Crippen molar-refractivity contribution in [3.05, 3.63) is 123 Å². The summed E-state index contributed by atoms with van der Waals surface area (Å²) in [4.78, 5) is 26.1. The van der Waals surface area contributed by atoms with Crippen molar-refractivity contribution in [2.24, 2.45) is 0 Å². The number of halogens is 2. The molecule has 0 amide bonds. The summed E-state index contributed by atoms with van der Waals surface area (Å²) in [6.07, 6.45) is 5.69. The van der Waals surface area contributed by atoms with Gasteiger partial charge in [0.1, 0.15) is 17.2 Å². The lowest BCUT2D eigenvalue weighted by Crippen LogP contribution is -2.07. The Bertz CT molecular complexity index is 2050. The number of phenolic OH excluding ortho intramolecular Hbond substituents is 1. The zero-order chi connectivity index (χ0) is 42.0. The molecule has 0 aliphatic carbocycles. The van der Waals surface area contributed by atoms with Crippen LogP contribution in [0.4, 0.5) is 11.4 Å². The molecule has 0 saturated heterocycles. The van der Waals surface area contributed by atoms with Crippen molar-refractivity contribution in [2.45, 2.75) is 57.8 Å². The summed E-state index contributed by atoms with van der Waals surface area (Å²) in [5.41, 5.74) is 8.66. The van der Waals surface area contributed by atoms with E-state index in [2.05, 4.69) is 102 Å². The third-order valence-electron chi connectivity index (χ3n) is 9.41. The Morgan fingerprint density at radius 1 is 0.569 bits per heavy atom. The van der Waals surface area contributed by atoms with Crippen molar-refractivity contribution >= 4 is 55.2 Å². The quantitative estimate of drug-likeness (QED) is 0.0656. The summed E-state index contributed by atoms with van der Waals surface area (Å²) in [6, 6.07) is 34.1. The van der Waals surface area contributed by atoms with Gasteiger partial charge in [0.2, 0.25) is 0 Å². The summed E-state index contributed by atoms with van der Waals surface area (Å²) in [7, 11) is 8.09. The molecule has 0 spiro atoms. The molecule has 5 rings (SSSR count). The number of unbranched alkanes of at least 4 members (excludes halogenated alkanes) is 3. The minimum atomic E-state index is -0.855. The summed E-state index contributed by atoms with van der Waals surface area (Å²) in [5, 5.41) is 27.6. The van der Waals surface area contributed by atoms with Gasteiger partial charge in [-0.05, 0) is 132 Å². The van der Waals surface area contributed by atoms with Crippen molar-refractivity contribution in [2.75, 3.05) is 51.2 Å². The van der Waals surface area contributed by atoms with Crippen LogP contribution in [0.1, 0.15) is 56.1 Å². The SMILES string of the molecule is CN(C)c1ccc(-c2cc(Br)cc(OCCCCCCc3cccc(OCCCC(=O)O)c3CCC(=O)O)c2)cc1.CN(C)c1ccc(-c2cc(O)cc(Br)c2)cc1. The van der Waals surface area contributed by atoms with Gasteiger partial charge in [0, 0.05) is 61.4 Å². The highest BCUT2D eigenvalue weighted by molar-refractivity contribution is 9.10. The number of aromatic hydroxyl groups is 1. The van der Waals surface area contributed by atoms with Crippen LogP contribution >= 0.6 is 31.9 Å². The molecule has 58 heavy (non-hydrogen) atoms. The van der Waals surface area contributed by atoms with Gasteiger partial charge in [-0.2, -0.15) is 0 Å². The molecule has 11 heteroatoms. The summed E-state index contributed by atoms with van der Waals surface area (Å²) in [5.74, 6) is 0.0626. The highest BCUT2D eigenvalue weighted by Crippen LogP contribution is 2.32. The van der Waals surface area contributed by atoms with Crippen LogP contribution in [0.5, 0.6) is 17.2 Å². The number of anilines is 2. The topological polar surface area (TPSA) is 120 Å². The van der Waals surface area contributed by atoms with Crippen molar-refractivity contribution in [1.82, 2.24) is 0 Å². The summed E-state index contributed by atoms with van der Waals surface area (Å²) in [6.45, 7) is 0.928. The van der Waals surface area contributed by atoms with E-state index in [9.17, 15) is 19.8 Å². The lowest BCUT2D eigenvalue weighted by atomic mass is 9.97. The van der Waals surface area contributed by atoms with Gasteiger partial charge in [0.15, 0.2) is 0 Å².